The summed E-state index contributed by atoms with van der Waals surface area (Å²) in [4.78, 5) is 9.81. The molecule has 1 fully saturated rings. The lowest BCUT2D eigenvalue weighted by molar-refractivity contribution is 0.367. The molecule has 0 spiro atoms. The quantitative estimate of drug-likeness (QED) is 0.299. The number of fused-ring (bicyclic) bond motifs is 7. The number of nitrogens with zero attached hydrogens (tertiary/aromatic N) is 4. The second-order valence-corrected chi connectivity index (χ2v) is 8.94. The lowest BCUT2D eigenvalue weighted by atomic mass is 9.95. The molecule has 0 atom stereocenters. The van der Waals surface area contributed by atoms with E-state index in [4.69, 9.17) is 9.97 Å². The Labute approximate surface area is 186 Å². The number of hydrogen-bond donors (Lipinski definition) is 0. The maximum absolute atomic E-state index is 5.01. The molecule has 0 bridgehead atoms. The smallest absolute Gasteiger partial charge is 0.117 e. The van der Waals surface area contributed by atoms with E-state index in [9.17, 15) is 0 Å². The Kier molecular flexibility index (Phi) is 3.89. The molecule has 1 saturated carbocycles. The van der Waals surface area contributed by atoms with Gasteiger partial charge in [-0.25, -0.2) is 0 Å². The molecule has 156 valence electrons. The van der Waals surface area contributed by atoms with Crippen LogP contribution >= 0.6 is 0 Å². The van der Waals surface area contributed by atoms with Crippen molar-refractivity contribution in [2.75, 3.05) is 0 Å². The predicted molar refractivity (Wildman–Crippen MR) is 131 cm³/mol. The van der Waals surface area contributed by atoms with Crippen molar-refractivity contribution >= 4 is 43.9 Å². The minimum atomic E-state index is 0.489. The van der Waals surface area contributed by atoms with Gasteiger partial charge in [-0.05, 0) is 43.2 Å². The number of para-hydroxylation sites is 2. The van der Waals surface area contributed by atoms with E-state index in [1.165, 1.54) is 70.6 Å². The van der Waals surface area contributed by atoms with Gasteiger partial charge < -0.3 is 9.13 Å². The van der Waals surface area contributed by atoms with Crippen molar-refractivity contribution in [3.63, 3.8) is 0 Å². The largest absolute Gasteiger partial charge is 0.333 e. The second-order valence-electron chi connectivity index (χ2n) is 8.94. The Hall–Kier alpha value is -3.66. The first-order chi connectivity index (χ1) is 15.9. The fourth-order valence-electron chi connectivity index (χ4n) is 5.79. The summed E-state index contributed by atoms with van der Waals surface area (Å²) in [6, 6.07) is 24.2. The van der Waals surface area contributed by atoms with Gasteiger partial charge in [0.15, 0.2) is 0 Å². The molecule has 6 aromatic rings. The summed E-state index contributed by atoms with van der Waals surface area (Å²) in [5, 5.41) is 2.45. The zero-order valence-electron chi connectivity index (χ0n) is 17.9. The molecule has 0 saturated heterocycles. The fraction of sp³-hybridized carbons (Fsp3) is 0.214. The monoisotopic (exact) mass is 416 g/mol. The summed E-state index contributed by atoms with van der Waals surface area (Å²) in [6.07, 6.45) is 10.3. The molecular formula is C28H24N4. The van der Waals surface area contributed by atoms with Crippen LogP contribution in [-0.2, 0) is 0 Å². The number of pyridine rings is 2. The Balaban J connectivity index is 1.73. The Bertz CT molecular complexity index is 1600. The SMILES string of the molecule is c1ccc(-n2c3ccccc3c3cnc4c5ncccc5n(C5CCCCC5)c4c32)cc1. The van der Waals surface area contributed by atoms with Crippen molar-refractivity contribution in [2.24, 2.45) is 0 Å². The third-order valence-electron chi connectivity index (χ3n) is 7.15. The van der Waals surface area contributed by atoms with E-state index >= 15 is 0 Å². The zero-order valence-corrected chi connectivity index (χ0v) is 17.9. The van der Waals surface area contributed by atoms with Gasteiger partial charge >= 0.3 is 0 Å². The van der Waals surface area contributed by atoms with Crippen molar-refractivity contribution in [3.05, 3.63) is 79.1 Å². The first-order valence-corrected chi connectivity index (χ1v) is 11.6. The van der Waals surface area contributed by atoms with Gasteiger partial charge in [-0.2, -0.15) is 0 Å². The molecule has 0 radical (unpaired) electrons. The van der Waals surface area contributed by atoms with Crippen molar-refractivity contribution in [3.8, 4) is 5.69 Å². The van der Waals surface area contributed by atoms with Crippen LogP contribution in [0.1, 0.15) is 38.1 Å². The van der Waals surface area contributed by atoms with E-state index in [1.54, 1.807) is 0 Å². The van der Waals surface area contributed by atoms with Gasteiger partial charge in [0.1, 0.15) is 11.0 Å². The molecule has 0 unspecified atom stereocenters. The van der Waals surface area contributed by atoms with Crippen LogP contribution in [0.15, 0.2) is 79.1 Å². The normalized spacial score (nSPS) is 15.4. The minimum Gasteiger partial charge on any atom is -0.333 e. The van der Waals surface area contributed by atoms with Crippen LogP contribution in [-0.4, -0.2) is 19.1 Å². The molecule has 1 aliphatic rings. The second kappa shape index (κ2) is 6.92. The van der Waals surface area contributed by atoms with Gasteiger partial charge in [0.25, 0.3) is 0 Å². The van der Waals surface area contributed by atoms with Crippen LogP contribution in [0.4, 0.5) is 0 Å². The molecule has 1 aliphatic carbocycles. The molecule has 0 aliphatic heterocycles. The Morgan fingerprint density at radius 1 is 0.656 bits per heavy atom. The standard InChI is InChI=1S/C28H24N4/c1-3-10-19(11-4-1)31-23-15-8-7-14-21(23)22-18-30-26-25-24(16-9-17-29-25)32(28(26)27(22)31)20-12-5-2-6-13-20/h1,3-4,7-11,14-18,20H,2,5-6,12-13H2. The van der Waals surface area contributed by atoms with E-state index in [1.807, 2.05) is 6.20 Å². The van der Waals surface area contributed by atoms with Crippen molar-refractivity contribution in [2.45, 2.75) is 38.1 Å². The van der Waals surface area contributed by atoms with E-state index in [2.05, 4.69) is 82.1 Å². The van der Waals surface area contributed by atoms with Crippen molar-refractivity contribution in [1.82, 2.24) is 19.1 Å². The van der Waals surface area contributed by atoms with Crippen LogP contribution in [0.25, 0.3) is 49.6 Å². The predicted octanol–water partition coefficient (Wildman–Crippen LogP) is 7.19. The third-order valence-corrected chi connectivity index (χ3v) is 7.15. The topological polar surface area (TPSA) is 35.6 Å². The maximum atomic E-state index is 5.01. The summed E-state index contributed by atoms with van der Waals surface area (Å²) < 4.78 is 5.00. The Morgan fingerprint density at radius 2 is 1.44 bits per heavy atom. The van der Waals surface area contributed by atoms with E-state index in [0.29, 0.717) is 6.04 Å². The van der Waals surface area contributed by atoms with Gasteiger partial charge in [-0.3, -0.25) is 9.97 Å². The number of rotatable bonds is 2. The molecule has 7 rings (SSSR count). The minimum absolute atomic E-state index is 0.489. The van der Waals surface area contributed by atoms with Gasteiger partial charge in [0, 0.05) is 34.9 Å². The first kappa shape index (κ1) is 18.0. The van der Waals surface area contributed by atoms with Crippen LogP contribution in [0.5, 0.6) is 0 Å². The molecule has 4 aromatic heterocycles. The van der Waals surface area contributed by atoms with Crippen LogP contribution in [0.3, 0.4) is 0 Å². The highest BCUT2D eigenvalue weighted by Crippen LogP contribution is 2.42. The highest BCUT2D eigenvalue weighted by atomic mass is 15.1. The summed E-state index contributed by atoms with van der Waals surface area (Å²) in [5.41, 5.74) is 8.10. The summed E-state index contributed by atoms with van der Waals surface area (Å²) >= 11 is 0. The van der Waals surface area contributed by atoms with Crippen LogP contribution < -0.4 is 0 Å². The molecule has 4 heterocycles. The van der Waals surface area contributed by atoms with Crippen LogP contribution in [0.2, 0.25) is 0 Å². The third kappa shape index (κ3) is 2.44. The van der Waals surface area contributed by atoms with Gasteiger partial charge in [-0.1, -0.05) is 55.7 Å². The van der Waals surface area contributed by atoms with Crippen molar-refractivity contribution < 1.29 is 0 Å². The van der Waals surface area contributed by atoms with Gasteiger partial charge in [0.2, 0.25) is 0 Å². The highest BCUT2D eigenvalue weighted by Gasteiger charge is 2.26. The lowest BCUT2D eigenvalue weighted by Crippen LogP contribution is -2.13. The lowest BCUT2D eigenvalue weighted by Gasteiger charge is -2.25. The van der Waals surface area contributed by atoms with Crippen molar-refractivity contribution in [1.29, 1.82) is 0 Å². The molecule has 32 heavy (non-hydrogen) atoms. The number of benzene rings is 2. The summed E-state index contributed by atoms with van der Waals surface area (Å²) in [6.45, 7) is 0. The maximum Gasteiger partial charge on any atom is 0.117 e. The molecule has 0 N–H and O–H groups in total. The molecule has 0 amide bonds. The van der Waals surface area contributed by atoms with Crippen LogP contribution in [0, 0.1) is 0 Å². The van der Waals surface area contributed by atoms with Gasteiger partial charge in [-0.15, -0.1) is 0 Å². The molecule has 2 aromatic carbocycles. The van der Waals surface area contributed by atoms with Gasteiger partial charge in [0.05, 0.1) is 22.1 Å². The van der Waals surface area contributed by atoms with E-state index < -0.39 is 0 Å². The highest BCUT2D eigenvalue weighted by molar-refractivity contribution is 6.20. The number of aromatic nitrogens is 4. The molecule has 4 heteroatoms. The Morgan fingerprint density at radius 3 is 2.31 bits per heavy atom. The van der Waals surface area contributed by atoms with E-state index in [-0.39, 0.29) is 0 Å². The summed E-state index contributed by atoms with van der Waals surface area (Å²) in [5.74, 6) is 0. The summed E-state index contributed by atoms with van der Waals surface area (Å²) in [7, 11) is 0. The average Bonchev–Trinajstić information content (AvgIpc) is 3.38. The number of hydrogen-bond acceptors (Lipinski definition) is 2. The average molecular weight is 417 g/mol. The van der Waals surface area contributed by atoms with E-state index in [0.717, 1.165) is 11.0 Å². The molecule has 4 nitrogen and oxygen atoms in total. The zero-order chi connectivity index (χ0) is 21.1. The fourth-order valence-corrected chi connectivity index (χ4v) is 5.79. The molecular weight excluding hydrogens is 392 g/mol. The first-order valence-electron chi connectivity index (χ1n) is 11.6.